The van der Waals surface area contributed by atoms with Gasteiger partial charge in [-0.15, -0.1) is 0 Å². The van der Waals surface area contributed by atoms with E-state index in [0.717, 1.165) is 12.8 Å². The van der Waals surface area contributed by atoms with E-state index in [1.807, 2.05) is 0 Å². The van der Waals surface area contributed by atoms with Crippen LogP contribution in [0.2, 0.25) is 0 Å². The number of nitrogens with one attached hydrogen (secondary N) is 1. The molecule has 0 atom stereocenters. The van der Waals surface area contributed by atoms with Gasteiger partial charge >= 0.3 is 0 Å². The average Bonchev–Trinajstić information content (AvgIpc) is 2.69. The van der Waals surface area contributed by atoms with Gasteiger partial charge in [-0.25, -0.2) is 0 Å². The molecular formula is C9H11NO3. The Morgan fingerprint density at radius 2 is 2.46 bits per heavy atom. The Hall–Kier alpha value is -1.29. The van der Waals surface area contributed by atoms with E-state index in [1.54, 1.807) is 12.1 Å². The molecule has 70 valence electrons. The van der Waals surface area contributed by atoms with Crippen LogP contribution < -0.4 is 5.32 Å². The summed E-state index contributed by atoms with van der Waals surface area (Å²) in [6.45, 7) is -0.000547. The summed E-state index contributed by atoms with van der Waals surface area (Å²) < 4.78 is 4.92. The monoisotopic (exact) mass is 181 g/mol. The van der Waals surface area contributed by atoms with Gasteiger partial charge in [0.2, 0.25) is 0 Å². The number of aliphatic hydroxyl groups is 1. The van der Waals surface area contributed by atoms with Gasteiger partial charge < -0.3 is 14.8 Å². The number of carbonyl (C=O) groups is 1. The van der Waals surface area contributed by atoms with Crippen molar-refractivity contribution in [3.05, 3.63) is 24.2 Å². The molecular weight excluding hydrogens is 170 g/mol. The maximum atomic E-state index is 11.4. The molecule has 1 saturated carbocycles. The topological polar surface area (TPSA) is 62.5 Å². The van der Waals surface area contributed by atoms with Crippen LogP contribution in [0, 0.1) is 0 Å². The molecule has 1 heterocycles. The lowest BCUT2D eigenvalue weighted by atomic mass is 10.3. The van der Waals surface area contributed by atoms with Crippen molar-refractivity contribution in [2.45, 2.75) is 18.4 Å². The molecule has 2 rings (SSSR count). The first-order valence-corrected chi connectivity index (χ1v) is 4.23. The number of rotatable bonds is 3. The van der Waals surface area contributed by atoms with E-state index in [4.69, 9.17) is 9.52 Å². The van der Waals surface area contributed by atoms with E-state index in [9.17, 15) is 4.79 Å². The molecule has 1 aromatic heterocycles. The molecule has 1 aromatic rings. The lowest BCUT2D eigenvalue weighted by Crippen LogP contribution is -2.39. The van der Waals surface area contributed by atoms with E-state index in [2.05, 4.69) is 5.32 Å². The normalized spacial score (nSPS) is 18.2. The fraction of sp³-hybridized carbons (Fsp3) is 0.444. The summed E-state index contributed by atoms with van der Waals surface area (Å²) in [6.07, 6.45) is 3.14. The molecule has 0 radical (unpaired) electrons. The van der Waals surface area contributed by atoms with Crippen LogP contribution in [0.15, 0.2) is 22.8 Å². The molecule has 2 N–H and O–H groups in total. The maximum absolute atomic E-state index is 11.4. The van der Waals surface area contributed by atoms with Crippen LogP contribution in [0.4, 0.5) is 0 Å². The number of aliphatic hydroxyl groups excluding tert-OH is 1. The summed E-state index contributed by atoms with van der Waals surface area (Å²) in [5, 5.41) is 11.7. The largest absolute Gasteiger partial charge is 0.459 e. The highest BCUT2D eigenvalue weighted by molar-refractivity contribution is 5.92. The third-order valence-electron chi connectivity index (χ3n) is 2.28. The molecule has 1 amide bonds. The van der Waals surface area contributed by atoms with Gasteiger partial charge in [0, 0.05) is 0 Å². The molecule has 13 heavy (non-hydrogen) atoms. The first-order chi connectivity index (χ1) is 6.26. The van der Waals surface area contributed by atoms with Crippen LogP contribution in [0.5, 0.6) is 0 Å². The van der Waals surface area contributed by atoms with E-state index < -0.39 is 0 Å². The number of furan rings is 1. The summed E-state index contributed by atoms with van der Waals surface area (Å²) in [4.78, 5) is 11.4. The number of amides is 1. The van der Waals surface area contributed by atoms with Crippen LogP contribution in [-0.2, 0) is 0 Å². The van der Waals surface area contributed by atoms with Gasteiger partial charge in [0.25, 0.3) is 5.91 Å². The molecule has 0 spiro atoms. The van der Waals surface area contributed by atoms with Crippen LogP contribution in [0.1, 0.15) is 23.4 Å². The van der Waals surface area contributed by atoms with Crippen molar-refractivity contribution < 1.29 is 14.3 Å². The molecule has 4 heteroatoms. The van der Waals surface area contributed by atoms with Gasteiger partial charge in [-0.3, -0.25) is 4.79 Å². The van der Waals surface area contributed by atoms with E-state index in [-0.39, 0.29) is 18.1 Å². The molecule has 1 aliphatic carbocycles. The van der Waals surface area contributed by atoms with Crippen LogP contribution >= 0.6 is 0 Å². The summed E-state index contributed by atoms with van der Waals surface area (Å²) in [6, 6.07) is 3.26. The van der Waals surface area contributed by atoms with Crippen LogP contribution in [0.3, 0.4) is 0 Å². The summed E-state index contributed by atoms with van der Waals surface area (Å²) >= 11 is 0. The zero-order chi connectivity index (χ0) is 9.31. The lowest BCUT2D eigenvalue weighted by molar-refractivity contribution is 0.0878. The van der Waals surface area contributed by atoms with Crippen molar-refractivity contribution in [3.8, 4) is 0 Å². The van der Waals surface area contributed by atoms with Gasteiger partial charge in [-0.1, -0.05) is 0 Å². The first-order valence-electron chi connectivity index (χ1n) is 4.23. The fourth-order valence-electron chi connectivity index (χ4n) is 1.18. The van der Waals surface area contributed by atoms with E-state index in [1.165, 1.54) is 6.26 Å². The van der Waals surface area contributed by atoms with Crippen molar-refractivity contribution >= 4 is 5.91 Å². The standard InChI is InChI=1S/C9H11NO3/c11-6-9(3-4-9)10-8(12)7-2-1-5-13-7/h1-2,5,11H,3-4,6H2,(H,10,12). The molecule has 0 saturated heterocycles. The van der Waals surface area contributed by atoms with Crippen molar-refractivity contribution in [1.29, 1.82) is 0 Å². The second kappa shape index (κ2) is 2.88. The molecule has 1 fully saturated rings. The highest BCUT2D eigenvalue weighted by Crippen LogP contribution is 2.34. The summed E-state index contributed by atoms with van der Waals surface area (Å²) in [5.74, 6) is 0.0382. The second-order valence-electron chi connectivity index (χ2n) is 3.37. The Kier molecular flexibility index (Phi) is 1.84. The quantitative estimate of drug-likeness (QED) is 0.715. The third kappa shape index (κ3) is 1.58. The minimum absolute atomic E-state index is 0.000547. The molecule has 1 aliphatic rings. The SMILES string of the molecule is O=C(NC1(CO)CC1)c1ccco1. The average molecular weight is 181 g/mol. The molecule has 0 unspecified atom stereocenters. The molecule has 0 aliphatic heterocycles. The van der Waals surface area contributed by atoms with Crippen molar-refractivity contribution in [3.63, 3.8) is 0 Å². The van der Waals surface area contributed by atoms with Crippen LogP contribution in [-0.4, -0.2) is 23.2 Å². The summed E-state index contributed by atoms with van der Waals surface area (Å²) in [5.41, 5.74) is -0.371. The van der Waals surface area contributed by atoms with Gasteiger partial charge in [-0.2, -0.15) is 0 Å². The molecule has 0 bridgehead atoms. The Balaban J connectivity index is 2.00. The Morgan fingerprint density at radius 1 is 1.69 bits per heavy atom. The fourth-order valence-corrected chi connectivity index (χ4v) is 1.18. The minimum Gasteiger partial charge on any atom is -0.459 e. The Labute approximate surface area is 75.6 Å². The Morgan fingerprint density at radius 3 is 2.92 bits per heavy atom. The molecule has 0 aromatic carbocycles. The number of carbonyl (C=O) groups excluding carboxylic acids is 1. The Bertz CT molecular complexity index is 301. The second-order valence-corrected chi connectivity index (χ2v) is 3.37. The highest BCUT2D eigenvalue weighted by atomic mass is 16.3. The van der Waals surface area contributed by atoms with Gasteiger partial charge in [0.15, 0.2) is 5.76 Å². The zero-order valence-electron chi connectivity index (χ0n) is 7.12. The maximum Gasteiger partial charge on any atom is 0.287 e. The van der Waals surface area contributed by atoms with E-state index >= 15 is 0 Å². The predicted molar refractivity (Wildman–Crippen MR) is 45.2 cm³/mol. The van der Waals surface area contributed by atoms with Crippen molar-refractivity contribution in [2.75, 3.05) is 6.61 Å². The lowest BCUT2D eigenvalue weighted by Gasteiger charge is -2.12. The predicted octanol–water partition coefficient (Wildman–Crippen LogP) is 0.534. The van der Waals surface area contributed by atoms with Gasteiger partial charge in [0.05, 0.1) is 18.4 Å². The third-order valence-corrected chi connectivity index (χ3v) is 2.28. The molecule has 4 nitrogen and oxygen atoms in total. The minimum atomic E-state index is -0.371. The number of hydrogen-bond acceptors (Lipinski definition) is 3. The van der Waals surface area contributed by atoms with Crippen LogP contribution in [0.25, 0.3) is 0 Å². The number of hydrogen-bond donors (Lipinski definition) is 2. The first kappa shape index (κ1) is 8.31. The summed E-state index contributed by atoms with van der Waals surface area (Å²) in [7, 11) is 0. The van der Waals surface area contributed by atoms with E-state index in [0.29, 0.717) is 5.76 Å². The van der Waals surface area contributed by atoms with Crippen molar-refractivity contribution in [1.82, 2.24) is 5.32 Å². The van der Waals surface area contributed by atoms with Crippen molar-refractivity contribution in [2.24, 2.45) is 0 Å². The highest BCUT2D eigenvalue weighted by Gasteiger charge is 2.43. The zero-order valence-corrected chi connectivity index (χ0v) is 7.12. The smallest absolute Gasteiger partial charge is 0.287 e. The van der Waals surface area contributed by atoms with Gasteiger partial charge in [-0.05, 0) is 25.0 Å². The van der Waals surface area contributed by atoms with Gasteiger partial charge in [0.1, 0.15) is 0 Å².